The van der Waals surface area contributed by atoms with E-state index in [2.05, 4.69) is 19.2 Å². The molecule has 0 saturated carbocycles. The van der Waals surface area contributed by atoms with Gasteiger partial charge in [0, 0.05) is 24.3 Å². The highest BCUT2D eigenvalue weighted by Gasteiger charge is 2.24. The maximum absolute atomic E-state index is 12.0. The molecule has 0 saturated heterocycles. The van der Waals surface area contributed by atoms with Gasteiger partial charge in [0.15, 0.2) is 0 Å². The van der Waals surface area contributed by atoms with E-state index in [4.69, 9.17) is 0 Å². The number of fused-ring (bicyclic) bond motifs is 1. The third kappa shape index (κ3) is 3.73. The van der Waals surface area contributed by atoms with Crippen LogP contribution in [-0.2, 0) is 4.79 Å². The lowest BCUT2D eigenvalue weighted by molar-refractivity contribution is -0.119. The van der Waals surface area contributed by atoms with Crippen molar-refractivity contribution in [2.45, 2.75) is 32.8 Å². The van der Waals surface area contributed by atoms with E-state index in [1.807, 2.05) is 29.2 Å². The van der Waals surface area contributed by atoms with Crippen molar-refractivity contribution in [2.24, 2.45) is 5.92 Å². The molecule has 0 spiro atoms. The van der Waals surface area contributed by atoms with E-state index in [-0.39, 0.29) is 5.91 Å². The summed E-state index contributed by atoms with van der Waals surface area (Å²) in [7, 11) is 0. The van der Waals surface area contributed by atoms with E-state index in [0.29, 0.717) is 18.9 Å². The molecule has 1 unspecified atom stereocenters. The third-order valence-electron chi connectivity index (χ3n) is 3.69. The van der Waals surface area contributed by atoms with E-state index in [9.17, 15) is 9.90 Å². The van der Waals surface area contributed by atoms with Gasteiger partial charge in [0.25, 0.3) is 0 Å². The third-order valence-corrected chi connectivity index (χ3v) is 3.69. The average molecular weight is 276 g/mol. The number of aliphatic hydroxyl groups is 1. The molecule has 110 valence electrons. The Labute approximate surface area is 120 Å². The zero-order chi connectivity index (χ0) is 14.5. The molecule has 0 radical (unpaired) electrons. The van der Waals surface area contributed by atoms with Crippen LogP contribution in [0.3, 0.4) is 0 Å². The van der Waals surface area contributed by atoms with Crippen LogP contribution in [0.15, 0.2) is 24.3 Å². The van der Waals surface area contributed by atoms with Crippen LogP contribution in [0.2, 0.25) is 0 Å². The minimum atomic E-state index is -0.411. The van der Waals surface area contributed by atoms with Crippen LogP contribution in [0.1, 0.15) is 38.4 Å². The van der Waals surface area contributed by atoms with Crippen molar-refractivity contribution < 1.29 is 9.90 Å². The second-order valence-corrected chi connectivity index (χ2v) is 5.82. The molecule has 4 nitrogen and oxygen atoms in total. The van der Waals surface area contributed by atoms with Crippen LogP contribution in [-0.4, -0.2) is 30.6 Å². The lowest BCUT2D eigenvalue weighted by Crippen LogP contribution is -2.40. The van der Waals surface area contributed by atoms with Crippen molar-refractivity contribution >= 4 is 11.6 Å². The van der Waals surface area contributed by atoms with Crippen molar-refractivity contribution in [1.82, 2.24) is 5.32 Å². The van der Waals surface area contributed by atoms with Gasteiger partial charge in [0.05, 0.1) is 12.6 Å². The van der Waals surface area contributed by atoms with Gasteiger partial charge in [-0.3, -0.25) is 4.79 Å². The van der Waals surface area contributed by atoms with Gasteiger partial charge in [-0.15, -0.1) is 0 Å². The zero-order valence-electron chi connectivity index (χ0n) is 12.3. The van der Waals surface area contributed by atoms with E-state index >= 15 is 0 Å². The number of nitrogens with one attached hydrogen (secondary N) is 1. The minimum Gasteiger partial charge on any atom is -0.388 e. The molecule has 1 aliphatic heterocycles. The quantitative estimate of drug-likeness (QED) is 0.866. The predicted molar refractivity (Wildman–Crippen MR) is 80.7 cm³/mol. The van der Waals surface area contributed by atoms with E-state index in [0.717, 1.165) is 30.8 Å². The van der Waals surface area contributed by atoms with E-state index < -0.39 is 6.10 Å². The molecule has 2 rings (SSSR count). The number of hydrogen-bond acceptors (Lipinski definition) is 3. The van der Waals surface area contributed by atoms with Gasteiger partial charge >= 0.3 is 0 Å². The summed E-state index contributed by atoms with van der Waals surface area (Å²) in [6.07, 6.45) is 1.27. The smallest absolute Gasteiger partial charge is 0.239 e. The first-order valence-electron chi connectivity index (χ1n) is 7.36. The molecular weight excluding hydrogens is 252 g/mol. The molecule has 1 aromatic carbocycles. The summed E-state index contributed by atoms with van der Waals surface area (Å²) in [5.41, 5.74) is 1.90. The van der Waals surface area contributed by atoms with Crippen LogP contribution in [0.5, 0.6) is 0 Å². The van der Waals surface area contributed by atoms with Gasteiger partial charge in [0.2, 0.25) is 5.91 Å². The van der Waals surface area contributed by atoms with Crippen molar-refractivity contribution in [1.29, 1.82) is 0 Å². The van der Waals surface area contributed by atoms with Gasteiger partial charge in [-0.05, 0) is 24.8 Å². The molecule has 4 heteroatoms. The Balaban J connectivity index is 1.94. The Kier molecular flexibility index (Phi) is 5.01. The Morgan fingerprint density at radius 1 is 1.45 bits per heavy atom. The average Bonchev–Trinajstić information content (AvgIpc) is 2.42. The topological polar surface area (TPSA) is 52.6 Å². The minimum absolute atomic E-state index is 0.0526. The summed E-state index contributed by atoms with van der Waals surface area (Å²) in [5, 5.41) is 12.9. The fourth-order valence-electron chi connectivity index (χ4n) is 2.51. The largest absolute Gasteiger partial charge is 0.388 e. The van der Waals surface area contributed by atoms with Crippen LogP contribution in [0.4, 0.5) is 5.69 Å². The molecule has 1 aliphatic rings. The Bertz CT molecular complexity index is 460. The predicted octanol–water partition coefficient (Wildman–Crippen LogP) is 2.09. The monoisotopic (exact) mass is 276 g/mol. The summed E-state index contributed by atoms with van der Waals surface area (Å²) in [6, 6.07) is 7.77. The fourth-order valence-corrected chi connectivity index (χ4v) is 2.51. The molecule has 2 N–H and O–H groups in total. The second kappa shape index (κ2) is 6.75. The highest BCUT2D eigenvalue weighted by Crippen LogP contribution is 2.32. The summed E-state index contributed by atoms with van der Waals surface area (Å²) in [6.45, 7) is 6.11. The zero-order valence-corrected chi connectivity index (χ0v) is 12.3. The number of amides is 1. The molecular formula is C16H24N2O2. The number of para-hydroxylation sites is 1. The van der Waals surface area contributed by atoms with Crippen LogP contribution < -0.4 is 10.2 Å². The SMILES string of the molecule is CC(C)CCNC(=O)CN1CCC(O)c2ccccc21. The van der Waals surface area contributed by atoms with Crippen LogP contribution >= 0.6 is 0 Å². The molecule has 1 atom stereocenters. The van der Waals surface area contributed by atoms with Crippen molar-refractivity contribution in [3.63, 3.8) is 0 Å². The van der Waals surface area contributed by atoms with Gasteiger partial charge in [-0.1, -0.05) is 32.0 Å². The van der Waals surface area contributed by atoms with Gasteiger partial charge in [-0.25, -0.2) is 0 Å². The Morgan fingerprint density at radius 2 is 2.20 bits per heavy atom. The number of benzene rings is 1. The second-order valence-electron chi connectivity index (χ2n) is 5.82. The van der Waals surface area contributed by atoms with E-state index in [1.165, 1.54) is 0 Å². The maximum atomic E-state index is 12.0. The molecule has 20 heavy (non-hydrogen) atoms. The molecule has 0 aromatic heterocycles. The van der Waals surface area contributed by atoms with Crippen LogP contribution in [0, 0.1) is 5.92 Å². The standard InChI is InChI=1S/C16H24N2O2/c1-12(2)7-9-17-16(20)11-18-10-8-15(19)13-5-3-4-6-14(13)18/h3-6,12,15,19H,7-11H2,1-2H3,(H,17,20). The van der Waals surface area contributed by atoms with Crippen molar-refractivity contribution in [3.8, 4) is 0 Å². The molecule has 1 aromatic rings. The van der Waals surface area contributed by atoms with Gasteiger partial charge in [0.1, 0.15) is 0 Å². The summed E-state index contributed by atoms with van der Waals surface area (Å²) < 4.78 is 0. The molecule has 0 aliphatic carbocycles. The number of rotatable bonds is 5. The lowest BCUT2D eigenvalue weighted by Gasteiger charge is -2.33. The van der Waals surface area contributed by atoms with Crippen molar-refractivity contribution in [2.75, 3.05) is 24.5 Å². The lowest BCUT2D eigenvalue weighted by atomic mass is 9.99. The number of aliphatic hydroxyl groups excluding tert-OH is 1. The summed E-state index contributed by atoms with van der Waals surface area (Å²) in [5.74, 6) is 0.651. The number of hydrogen-bond donors (Lipinski definition) is 2. The molecule has 1 amide bonds. The first kappa shape index (κ1) is 14.9. The Morgan fingerprint density at radius 3 is 2.95 bits per heavy atom. The highest BCUT2D eigenvalue weighted by atomic mass is 16.3. The number of anilines is 1. The maximum Gasteiger partial charge on any atom is 0.239 e. The summed E-state index contributed by atoms with van der Waals surface area (Å²) in [4.78, 5) is 14.0. The van der Waals surface area contributed by atoms with Crippen LogP contribution in [0.25, 0.3) is 0 Å². The molecule has 0 fully saturated rings. The molecule has 0 bridgehead atoms. The highest BCUT2D eigenvalue weighted by molar-refractivity contribution is 5.81. The molecule has 1 heterocycles. The van der Waals surface area contributed by atoms with Gasteiger partial charge < -0.3 is 15.3 Å². The number of carbonyl (C=O) groups excluding carboxylic acids is 1. The van der Waals surface area contributed by atoms with Crippen molar-refractivity contribution in [3.05, 3.63) is 29.8 Å². The number of nitrogens with zero attached hydrogens (tertiary/aromatic N) is 1. The summed E-state index contributed by atoms with van der Waals surface area (Å²) >= 11 is 0. The fraction of sp³-hybridized carbons (Fsp3) is 0.562. The van der Waals surface area contributed by atoms with E-state index in [1.54, 1.807) is 0 Å². The van der Waals surface area contributed by atoms with Gasteiger partial charge in [-0.2, -0.15) is 0 Å². The normalized spacial score (nSPS) is 18.0. The Hall–Kier alpha value is -1.55. The first-order valence-corrected chi connectivity index (χ1v) is 7.36. The number of carbonyl (C=O) groups is 1. The first-order chi connectivity index (χ1) is 9.58.